The van der Waals surface area contributed by atoms with E-state index in [0.717, 1.165) is 11.1 Å². The molecule has 1 aliphatic heterocycles. The number of methoxy groups -OCH3 is 2. The normalized spacial score (nSPS) is 12.9. The molecule has 0 spiro atoms. The number of ether oxygens (including phenoxy) is 3. The van der Waals surface area contributed by atoms with Crippen LogP contribution in [0.1, 0.15) is 46.8 Å². The number of hydrogen-bond donors (Lipinski definition) is 2. The molecule has 0 saturated carbocycles. The second-order valence-electron chi connectivity index (χ2n) is 7.45. The predicted molar refractivity (Wildman–Crippen MR) is 117 cm³/mol. The zero-order valence-corrected chi connectivity index (χ0v) is 18.2. The van der Waals surface area contributed by atoms with Crippen LogP contribution in [0, 0.1) is 6.92 Å². The Balaban J connectivity index is 1.67. The van der Waals surface area contributed by atoms with Gasteiger partial charge in [0.25, 0.3) is 0 Å². The molecule has 1 aliphatic rings. The molecule has 164 valence electrons. The molecule has 2 aromatic rings. The van der Waals surface area contributed by atoms with Crippen molar-refractivity contribution in [3.63, 3.8) is 0 Å². The van der Waals surface area contributed by atoms with Gasteiger partial charge in [0, 0.05) is 29.3 Å². The topological polar surface area (TPSA) is 94.1 Å². The molecule has 0 radical (unpaired) electrons. The van der Waals surface area contributed by atoms with Crippen molar-refractivity contribution >= 4 is 17.6 Å². The third kappa shape index (κ3) is 4.82. The molecular weight excluding hydrogens is 398 g/mol. The molecule has 0 bridgehead atoms. The average molecular weight is 425 g/mol. The Morgan fingerprint density at radius 1 is 1.26 bits per heavy atom. The highest BCUT2D eigenvalue weighted by atomic mass is 16.5. The van der Waals surface area contributed by atoms with Crippen LogP contribution in [0.3, 0.4) is 0 Å². The summed E-state index contributed by atoms with van der Waals surface area (Å²) < 4.78 is 15.7. The summed E-state index contributed by atoms with van der Waals surface area (Å²) in [6.07, 6.45) is 3.19. The van der Waals surface area contributed by atoms with Gasteiger partial charge < -0.3 is 24.6 Å². The monoisotopic (exact) mass is 425 g/mol. The number of allylic oxidation sites excluding steroid dienone is 2. The molecule has 0 aliphatic carbocycles. The fraction of sp³-hybridized carbons (Fsp3) is 0.333. The number of fused-ring (bicyclic) bond motifs is 1. The van der Waals surface area contributed by atoms with Crippen molar-refractivity contribution in [2.24, 2.45) is 0 Å². The fourth-order valence-corrected chi connectivity index (χ4v) is 3.64. The van der Waals surface area contributed by atoms with Crippen LogP contribution in [0.5, 0.6) is 17.2 Å². The number of aromatic hydroxyl groups is 1. The van der Waals surface area contributed by atoms with Gasteiger partial charge in [-0.2, -0.15) is 0 Å². The van der Waals surface area contributed by atoms with Gasteiger partial charge in [-0.15, -0.1) is 0 Å². The van der Waals surface area contributed by atoms with Gasteiger partial charge in [0.15, 0.2) is 0 Å². The van der Waals surface area contributed by atoms with E-state index in [-0.39, 0.29) is 23.8 Å². The summed E-state index contributed by atoms with van der Waals surface area (Å²) in [7, 11) is 3.11. The van der Waals surface area contributed by atoms with Crippen LogP contribution >= 0.6 is 0 Å². The Labute approximate surface area is 181 Å². The van der Waals surface area contributed by atoms with E-state index in [1.807, 2.05) is 32.1 Å². The number of cyclic esters (lactones) is 1. The lowest BCUT2D eigenvalue weighted by Crippen LogP contribution is -2.11. The lowest BCUT2D eigenvalue weighted by molar-refractivity contribution is -0.116. The van der Waals surface area contributed by atoms with Gasteiger partial charge in [-0.25, -0.2) is 4.79 Å². The maximum Gasteiger partial charge on any atom is 0.342 e. The number of anilines is 1. The minimum atomic E-state index is -0.519. The summed E-state index contributed by atoms with van der Waals surface area (Å²) in [5.41, 5.74) is 3.89. The highest BCUT2D eigenvalue weighted by molar-refractivity contribution is 5.98. The number of esters is 1. The number of nitrogens with one attached hydrogen (secondary N) is 1. The molecule has 2 aromatic carbocycles. The summed E-state index contributed by atoms with van der Waals surface area (Å²) in [4.78, 5) is 24.3. The van der Waals surface area contributed by atoms with Gasteiger partial charge in [-0.05, 0) is 44.4 Å². The van der Waals surface area contributed by atoms with E-state index in [4.69, 9.17) is 14.2 Å². The minimum absolute atomic E-state index is 0.0974. The summed E-state index contributed by atoms with van der Waals surface area (Å²) >= 11 is 0. The summed E-state index contributed by atoms with van der Waals surface area (Å²) in [6.45, 7) is 3.92. The van der Waals surface area contributed by atoms with Crippen LogP contribution in [-0.4, -0.2) is 31.2 Å². The maximum absolute atomic E-state index is 12.3. The van der Waals surface area contributed by atoms with Gasteiger partial charge in [0.1, 0.15) is 29.4 Å². The van der Waals surface area contributed by atoms with E-state index >= 15 is 0 Å². The van der Waals surface area contributed by atoms with Crippen molar-refractivity contribution < 1.29 is 28.9 Å². The van der Waals surface area contributed by atoms with Gasteiger partial charge in [-0.1, -0.05) is 17.7 Å². The van der Waals surface area contributed by atoms with Crippen molar-refractivity contribution in [1.29, 1.82) is 0 Å². The Hall–Kier alpha value is -3.48. The van der Waals surface area contributed by atoms with Crippen molar-refractivity contribution in [1.82, 2.24) is 0 Å². The maximum atomic E-state index is 12.3. The standard InChI is InChI=1S/C24H27NO6/c1-14(9-11-20(26)25-16-6-5-7-17(12-16)29-3)8-10-18-22(27)21-19(13-31-24(21)28)15(2)23(18)30-4/h5-8,12,27H,9-11,13H2,1-4H3,(H,25,26)/b14-8+. The number of phenols is 1. The van der Waals surface area contributed by atoms with Gasteiger partial charge in [-0.3, -0.25) is 4.79 Å². The predicted octanol–water partition coefficient (Wildman–Crippen LogP) is 4.30. The van der Waals surface area contributed by atoms with E-state index in [0.29, 0.717) is 47.6 Å². The van der Waals surface area contributed by atoms with Crippen LogP contribution in [-0.2, 0) is 22.6 Å². The smallest absolute Gasteiger partial charge is 0.342 e. The average Bonchev–Trinajstić information content (AvgIpc) is 3.15. The molecule has 0 unspecified atom stereocenters. The number of hydrogen-bond acceptors (Lipinski definition) is 6. The van der Waals surface area contributed by atoms with Crippen molar-refractivity contribution in [2.45, 2.75) is 39.7 Å². The number of carbonyl (C=O) groups is 2. The molecule has 1 heterocycles. The van der Waals surface area contributed by atoms with E-state index in [2.05, 4.69) is 5.32 Å². The largest absolute Gasteiger partial charge is 0.507 e. The van der Waals surface area contributed by atoms with E-state index in [9.17, 15) is 14.7 Å². The van der Waals surface area contributed by atoms with Crippen LogP contribution in [0.2, 0.25) is 0 Å². The summed E-state index contributed by atoms with van der Waals surface area (Å²) in [5.74, 6) is 0.511. The van der Waals surface area contributed by atoms with Gasteiger partial charge in [0.05, 0.1) is 14.2 Å². The fourth-order valence-electron chi connectivity index (χ4n) is 3.64. The molecule has 1 amide bonds. The SMILES string of the molecule is COc1cccc(NC(=O)CC/C(C)=C/Cc2c(O)c3c(c(C)c2OC)COC3=O)c1. The molecule has 7 heteroatoms. The Bertz CT molecular complexity index is 1040. The third-order valence-electron chi connectivity index (χ3n) is 5.40. The van der Waals surface area contributed by atoms with Crippen LogP contribution in [0.25, 0.3) is 0 Å². The highest BCUT2D eigenvalue weighted by Gasteiger charge is 2.31. The van der Waals surface area contributed by atoms with Crippen LogP contribution < -0.4 is 14.8 Å². The molecule has 0 saturated heterocycles. The first kappa shape index (κ1) is 22.2. The first-order chi connectivity index (χ1) is 14.8. The number of amides is 1. The molecule has 3 rings (SSSR count). The minimum Gasteiger partial charge on any atom is -0.507 e. The number of benzene rings is 2. The first-order valence-electron chi connectivity index (χ1n) is 10.0. The lowest BCUT2D eigenvalue weighted by Gasteiger charge is -2.15. The number of carbonyl (C=O) groups excluding carboxylic acids is 2. The number of rotatable bonds is 8. The molecule has 0 aromatic heterocycles. The number of phenolic OH excluding ortho intramolecular Hbond substituents is 1. The molecular formula is C24H27NO6. The third-order valence-corrected chi connectivity index (χ3v) is 5.40. The first-order valence-corrected chi connectivity index (χ1v) is 10.0. The quantitative estimate of drug-likeness (QED) is 0.484. The van der Waals surface area contributed by atoms with E-state index < -0.39 is 5.97 Å². The molecule has 0 atom stereocenters. The zero-order valence-electron chi connectivity index (χ0n) is 18.2. The van der Waals surface area contributed by atoms with Gasteiger partial charge in [0.2, 0.25) is 5.91 Å². The molecule has 31 heavy (non-hydrogen) atoms. The Morgan fingerprint density at radius 3 is 2.74 bits per heavy atom. The molecule has 2 N–H and O–H groups in total. The second kappa shape index (κ2) is 9.55. The molecule has 0 fully saturated rings. The highest BCUT2D eigenvalue weighted by Crippen LogP contribution is 2.42. The van der Waals surface area contributed by atoms with Crippen molar-refractivity contribution in [2.75, 3.05) is 19.5 Å². The van der Waals surface area contributed by atoms with Crippen molar-refractivity contribution in [3.05, 3.63) is 58.2 Å². The molecule has 7 nitrogen and oxygen atoms in total. The van der Waals surface area contributed by atoms with Crippen LogP contribution in [0.15, 0.2) is 35.9 Å². The van der Waals surface area contributed by atoms with Crippen molar-refractivity contribution in [3.8, 4) is 17.2 Å². The second-order valence-corrected chi connectivity index (χ2v) is 7.45. The van der Waals surface area contributed by atoms with E-state index in [1.165, 1.54) is 7.11 Å². The van der Waals surface area contributed by atoms with Gasteiger partial charge >= 0.3 is 5.97 Å². The Morgan fingerprint density at radius 2 is 2.03 bits per heavy atom. The summed E-state index contributed by atoms with van der Waals surface area (Å²) in [5, 5.41) is 13.5. The zero-order chi connectivity index (χ0) is 22.5. The van der Waals surface area contributed by atoms with Crippen LogP contribution in [0.4, 0.5) is 5.69 Å². The summed E-state index contributed by atoms with van der Waals surface area (Å²) in [6, 6.07) is 7.19. The lowest BCUT2D eigenvalue weighted by atomic mass is 9.94. The Kier molecular flexibility index (Phi) is 6.84. The van der Waals surface area contributed by atoms with E-state index in [1.54, 1.807) is 19.2 Å².